The summed E-state index contributed by atoms with van der Waals surface area (Å²) in [6.45, 7) is 1.14. The van der Waals surface area contributed by atoms with E-state index in [0.29, 0.717) is 19.5 Å². The van der Waals surface area contributed by atoms with Crippen molar-refractivity contribution < 1.29 is 19.4 Å². The number of hydrogen-bond donors (Lipinski definition) is 2. The van der Waals surface area contributed by atoms with Crippen LogP contribution in [0, 0.1) is 0 Å². The Kier molecular flexibility index (Phi) is 7.14. The Bertz CT molecular complexity index is 524. The molecule has 2 N–H and O–H groups in total. The first-order chi connectivity index (χ1) is 10.1. The summed E-state index contributed by atoms with van der Waals surface area (Å²) >= 11 is 0. The zero-order chi connectivity index (χ0) is 15.2. The van der Waals surface area contributed by atoms with Gasteiger partial charge in [0.05, 0.1) is 13.7 Å². The minimum absolute atomic E-state index is 0. The van der Waals surface area contributed by atoms with Crippen molar-refractivity contribution in [3.63, 3.8) is 0 Å². The van der Waals surface area contributed by atoms with Crippen LogP contribution in [-0.2, 0) is 16.1 Å². The van der Waals surface area contributed by atoms with Crippen LogP contribution in [-0.4, -0.2) is 48.1 Å². The van der Waals surface area contributed by atoms with Gasteiger partial charge in [0.25, 0.3) is 0 Å². The smallest absolute Gasteiger partial charge is 0.320 e. The van der Waals surface area contributed by atoms with Crippen molar-refractivity contribution in [3.05, 3.63) is 29.8 Å². The van der Waals surface area contributed by atoms with Crippen LogP contribution in [0.3, 0.4) is 0 Å². The molecule has 1 fully saturated rings. The lowest BCUT2D eigenvalue weighted by Gasteiger charge is -2.20. The van der Waals surface area contributed by atoms with Crippen LogP contribution in [0.4, 0.5) is 0 Å². The van der Waals surface area contributed by atoms with E-state index in [2.05, 4.69) is 5.32 Å². The maximum Gasteiger partial charge on any atom is 0.320 e. The van der Waals surface area contributed by atoms with Crippen LogP contribution in [0.2, 0.25) is 0 Å². The van der Waals surface area contributed by atoms with E-state index in [1.165, 1.54) is 0 Å². The molecule has 1 aliphatic rings. The zero-order valence-corrected chi connectivity index (χ0v) is 13.3. The molecule has 1 aromatic carbocycles. The lowest BCUT2D eigenvalue weighted by Crippen LogP contribution is -2.42. The van der Waals surface area contributed by atoms with Gasteiger partial charge in [-0.15, -0.1) is 12.4 Å². The van der Waals surface area contributed by atoms with Crippen LogP contribution >= 0.6 is 12.4 Å². The summed E-state index contributed by atoms with van der Waals surface area (Å²) in [5.41, 5.74) is 0.893. The fourth-order valence-electron chi connectivity index (χ4n) is 2.58. The van der Waals surface area contributed by atoms with E-state index in [1.807, 2.05) is 24.3 Å². The number of carboxylic acids is 1. The van der Waals surface area contributed by atoms with Gasteiger partial charge in [0.15, 0.2) is 0 Å². The average Bonchev–Trinajstić information content (AvgIpc) is 2.93. The molecule has 0 aliphatic carbocycles. The number of rotatable bonds is 6. The second-order valence-corrected chi connectivity index (χ2v) is 5.06. The minimum Gasteiger partial charge on any atom is -0.496 e. The molecule has 0 aromatic heterocycles. The van der Waals surface area contributed by atoms with E-state index in [0.717, 1.165) is 17.7 Å². The Balaban J connectivity index is 0.00000242. The number of nitrogens with one attached hydrogen (secondary N) is 1. The molecule has 1 saturated heterocycles. The molecule has 0 unspecified atom stereocenters. The van der Waals surface area contributed by atoms with Crippen molar-refractivity contribution >= 4 is 24.3 Å². The van der Waals surface area contributed by atoms with Gasteiger partial charge in [0.2, 0.25) is 5.91 Å². The summed E-state index contributed by atoms with van der Waals surface area (Å²) in [4.78, 5) is 24.7. The molecule has 0 radical (unpaired) electrons. The van der Waals surface area contributed by atoms with Crippen molar-refractivity contribution in [1.82, 2.24) is 10.2 Å². The standard InChI is InChI=1S/C15H20N2O4.ClH/c1-21-13-7-3-2-5-11(13)9-16-14(18)10-17-8-4-6-12(17)15(19)20;/h2-3,5,7,12H,4,6,8-10H2,1H3,(H,16,18)(H,19,20);1H/t12-;/m1./s1. The highest BCUT2D eigenvalue weighted by molar-refractivity contribution is 5.85. The Labute approximate surface area is 135 Å². The van der Waals surface area contributed by atoms with E-state index in [9.17, 15) is 9.59 Å². The molecular formula is C15H21ClN2O4. The summed E-state index contributed by atoms with van der Waals surface area (Å²) in [7, 11) is 1.59. The number of methoxy groups -OCH3 is 1. The largest absolute Gasteiger partial charge is 0.496 e. The van der Waals surface area contributed by atoms with Crippen molar-refractivity contribution in [3.8, 4) is 5.75 Å². The molecule has 0 bridgehead atoms. The number of halogens is 1. The van der Waals surface area contributed by atoms with Gasteiger partial charge in [-0.05, 0) is 25.5 Å². The van der Waals surface area contributed by atoms with Crippen molar-refractivity contribution in [2.75, 3.05) is 20.2 Å². The topological polar surface area (TPSA) is 78.9 Å². The van der Waals surface area contributed by atoms with Gasteiger partial charge < -0.3 is 15.2 Å². The molecule has 22 heavy (non-hydrogen) atoms. The van der Waals surface area contributed by atoms with Gasteiger partial charge in [-0.1, -0.05) is 18.2 Å². The van der Waals surface area contributed by atoms with E-state index in [-0.39, 0.29) is 24.9 Å². The van der Waals surface area contributed by atoms with Crippen LogP contribution in [0.5, 0.6) is 5.75 Å². The highest BCUT2D eigenvalue weighted by Crippen LogP contribution is 2.18. The number of carbonyl (C=O) groups is 2. The van der Waals surface area contributed by atoms with Gasteiger partial charge in [-0.25, -0.2) is 0 Å². The van der Waals surface area contributed by atoms with Gasteiger partial charge >= 0.3 is 5.97 Å². The zero-order valence-electron chi connectivity index (χ0n) is 12.4. The summed E-state index contributed by atoms with van der Waals surface area (Å²) in [6, 6.07) is 6.93. The Morgan fingerprint density at radius 2 is 2.14 bits per heavy atom. The Hall–Kier alpha value is -1.79. The number of amides is 1. The van der Waals surface area contributed by atoms with Gasteiger partial charge in [0.1, 0.15) is 11.8 Å². The first kappa shape index (κ1) is 18.3. The van der Waals surface area contributed by atoms with Crippen LogP contribution in [0.1, 0.15) is 18.4 Å². The van der Waals surface area contributed by atoms with Crippen molar-refractivity contribution in [1.29, 1.82) is 0 Å². The second kappa shape index (κ2) is 8.60. The number of ether oxygens (including phenoxy) is 1. The van der Waals surface area contributed by atoms with E-state index in [1.54, 1.807) is 12.0 Å². The normalized spacial score (nSPS) is 17.6. The summed E-state index contributed by atoms with van der Waals surface area (Å²) in [5.74, 6) is -0.304. The van der Waals surface area contributed by atoms with Crippen LogP contribution < -0.4 is 10.1 Å². The highest BCUT2D eigenvalue weighted by atomic mass is 35.5. The van der Waals surface area contributed by atoms with Gasteiger partial charge in [0, 0.05) is 12.1 Å². The number of aliphatic carboxylic acids is 1. The summed E-state index contributed by atoms with van der Waals surface area (Å²) < 4.78 is 5.22. The molecule has 1 amide bonds. The number of benzene rings is 1. The molecule has 1 aromatic rings. The first-order valence-electron chi connectivity index (χ1n) is 6.97. The molecule has 122 valence electrons. The molecule has 6 nitrogen and oxygen atoms in total. The predicted octanol–water partition coefficient (Wildman–Crippen LogP) is 1.28. The summed E-state index contributed by atoms with van der Waals surface area (Å²) in [6.07, 6.45) is 1.42. The van der Waals surface area contributed by atoms with Gasteiger partial charge in [-0.2, -0.15) is 0 Å². The number of likely N-dealkylation sites (tertiary alicyclic amines) is 1. The van der Waals surface area contributed by atoms with Crippen LogP contribution in [0.15, 0.2) is 24.3 Å². The third-order valence-corrected chi connectivity index (χ3v) is 3.66. The fourth-order valence-corrected chi connectivity index (χ4v) is 2.58. The van der Waals surface area contributed by atoms with Gasteiger partial charge in [-0.3, -0.25) is 14.5 Å². The molecule has 0 saturated carbocycles. The maximum atomic E-state index is 12.0. The third-order valence-electron chi connectivity index (χ3n) is 3.66. The third kappa shape index (κ3) is 4.61. The number of hydrogen-bond acceptors (Lipinski definition) is 4. The molecule has 0 spiro atoms. The number of carboxylic acid groups (broad SMARTS) is 1. The monoisotopic (exact) mass is 328 g/mol. The van der Waals surface area contributed by atoms with Crippen LogP contribution in [0.25, 0.3) is 0 Å². The number of nitrogens with zero attached hydrogens (tertiary/aromatic N) is 1. The van der Waals surface area contributed by atoms with E-state index >= 15 is 0 Å². The highest BCUT2D eigenvalue weighted by Gasteiger charge is 2.31. The molecule has 1 atom stereocenters. The minimum atomic E-state index is -0.856. The molecule has 2 rings (SSSR count). The Morgan fingerprint density at radius 1 is 1.41 bits per heavy atom. The molecule has 1 aliphatic heterocycles. The van der Waals surface area contributed by atoms with E-state index in [4.69, 9.17) is 9.84 Å². The predicted molar refractivity (Wildman–Crippen MR) is 84.3 cm³/mol. The lowest BCUT2D eigenvalue weighted by atomic mass is 10.2. The van der Waals surface area contributed by atoms with Crippen molar-refractivity contribution in [2.45, 2.75) is 25.4 Å². The number of carbonyl (C=O) groups excluding carboxylic acids is 1. The fraction of sp³-hybridized carbons (Fsp3) is 0.467. The summed E-state index contributed by atoms with van der Waals surface area (Å²) in [5, 5.41) is 11.9. The van der Waals surface area contributed by atoms with E-state index < -0.39 is 12.0 Å². The first-order valence-corrected chi connectivity index (χ1v) is 6.97. The molecule has 7 heteroatoms. The lowest BCUT2D eigenvalue weighted by molar-refractivity contribution is -0.142. The SMILES string of the molecule is COc1ccccc1CNC(=O)CN1CCC[C@@H]1C(=O)O.Cl. The molecule has 1 heterocycles. The molecular weight excluding hydrogens is 308 g/mol. The average molecular weight is 329 g/mol. The quantitative estimate of drug-likeness (QED) is 0.822. The van der Waals surface area contributed by atoms with Crippen molar-refractivity contribution in [2.24, 2.45) is 0 Å². The Morgan fingerprint density at radius 3 is 2.82 bits per heavy atom. The second-order valence-electron chi connectivity index (χ2n) is 5.06. The maximum absolute atomic E-state index is 12.0. The number of para-hydroxylation sites is 1.